The van der Waals surface area contributed by atoms with Crippen LogP contribution in [0.4, 0.5) is 0 Å². The van der Waals surface area contributed by atoms with E-state index in [0.717, 1.165) is 5.56 Å². The standard InChI is InChI=1S/C24H30O10/c1-6-29-24(28)20(11-18-9-7-8-14(2)10-18)33-22-12-19(31-16(4)26)23(32-17(5)27)21(34-22)13-30-15(3)25/h7-11,19,21-23H,6,12-13H2,1-5H3/b20-11-/t19?,21?,22?,23-/m1/s1. The minimum absolute atomic E-state index is 0.0569. The molecule has 10 heteroatoms. The second-order valence-electron chi connectivity index (χ2n) is 7.63. The van der Waals surface area contributed by atoms with Gasteiger partial charge in [-0.25, -0.2) is 4.79 Å². The Labute approximate surface area is 198 Å². The van der Waals surface area contributed by atoms with Crippen molar-refractivity contribution in [1.82, 2.24) is 0 Å². The van der Waals surface area contributed by atoms with Gasteiger partial charge in [0.05, 0.1) is 13.0 Å². The molecule has 0 radical (unpaired) electrons. The van der Waals surface area contributed by atoms with Crippen molar-refractivity contribution in [1.29, 1.82) is 0 Å². The number of benzene rings is 1. The van der Waals surface area contributed by atoms with Crippen LogP contribution in [0.3, 0.4) is 0 Å². The van der Waals surface area contributed by atoms with E-state index >= 15 is 0 Å². The minimum Gasteiger partial charge on any atom is -0.463 e. The van der Waals surface area contributed by atoms with Crippen LogP contribution in [0.15, 0.2) is 30.0 Å². The molecule has 1 aromatic carbocycles. The summed E-state index contributed by atoms with van der Waals surface area (Å²) < 4.78 is 32.5. The van der Waals surface area contributed by atoms with E-state index in [0.29, 0.717) is 5.56 Å². The topological polar surface area (TPSA) is 124 Å². The minimum atomic E-state index is -1.10. The predicted molar refractivity (Wildman–Crippen MR) is 118 cm³/mol. The van der Waals surface area contributed by atoms with Crippen molar-refractivity contribution in [2.75, 3.05) is 13.2 Å². The molecule has 0 amide bonds. The summed E-state index contributed by atoms with van der Waals surface area (Å²) in [4.78, 5) is 47.3. The Morgan fingerprint density at radius 3 is 2.29 bits per heavy atom. The number of hydrogen-bond donors (Lipinski definition) is 0. The fourth-order valence-corrected chi connectivity index (χ4v) is 3.37. The first kappa shape index (κ1) is 26.8. The number of aryl methyl sites for hydroxylation is 1. The number of rotatable bonds is 9. The van der Waals surface area contributed by atoms with Crippen molar-refractivity contribution in [3.8, 4) is 0 Å². The Morgan fingerprint density at radius 1 is 1.00 bits per heavy atom. The van der Waals surface area contributed by atoms with Gasteiger partial charge in [-0.1, -0.05) is 29.8 Å². The van der Waals surface area contributed by atoms with Crippen molar-refractivity contribution in [2.24, 2.45) is 0 Å². The van der Waals surface area contributed by atoms with E-state index in [2.05, 4.69) is 0 Å². The van der Waals surface area contributed by atoms with Crippen LogP contribution in [0, 0.1) is 6.92 Å². The van der Waals surface area contributed by atoms with Crippen molar-refractivity contribution in [2.45, 2.75) is 65.6 Å². The summed E-state index contributed by atoms with van der Waals surface area (Å²) in [7, 11) is 0. The van der Waals surface area contributed by atoms with E-state index in [1.54, 1.807) is 13.0 Å². The fourth-order valence-electron chi connectivity index (χ4n) is 3.37. The van der Waals surface area contributed by atoms with E-state index in [1.165, 1.54) is 26.8 Å². The van der Waals surface area contributed by atoms with Crippen molar-refractivity contribution in [3.05, 3.63) is 41.2 Å². The van der Waals surface area contributed by atoms with Crippen LogP contribution in [-0.2, 0) is 47.6 Å². The molecule has 1 heterocycles. The molecule has 0 aliphatic carbocycles. The second-order valence-corrected chi connectivity index (χ2v) is 7.63. The zero-order chi connectivity index (χ0) is 25.3. The van der Waals surface area contributed by atoms with Crippen LogP contribution in [-0.4, -0.2) is 61.7 Å². The highest BCUT2D eigenvalue weighted by molar-refractivity contribution is 5.91. The largest absolute Gasteiger partial charge is 0.463 e. The van der Waals surface area contributed by atoms with E-state index in [9.17, 15) is 19.2 Å². The van der Waals surface area contributed by atoms with Gasteiger partial charge in [0.2, 0.25) is 12.0 Å². The molecule has 2 rings (SSSR count). The summed E-state index contributed by atoms with van der Waals surface area (Å²) in [5, 5.41) is 0. The molecule has 186 valence electrons. The number of esters is 4. The van der Waals surface area contributed by atoms with Crippen LogP contribution in [0.2, 0.25) is 0 Å². The van der Waals surface area contributed by atoms with Gasteiger partial charge in [-0.05, 0) is 25.5 Å². The third kappa shape index (κ3) is 8.51. The van der Waals surface area contributed by atoms with Crippen LogP contribution >= 0.6 is 0 Å². The van der Waals surface area contributed by atoms with Crippen molar-refractivity contribution >= 4 is 30.0 Å². The average Bonchev–Trinajstić information content (AvgIpc) is 2.73. The Balaban J connectivity index is 2.35. The molecule has 0 aromatic heterocycles. The van der Waals surface area contributed by atoms with E-state index in [-0.39, 0.29) is 25.4 Å². The SMILES string of the molecule is CCOC(=O)/C(=C/c1cccc(C)c1)OC1CC(OC(C)=O)[C@@H](OC(C)=O)C(COC(C)=O)O1. The van der Waals surface area contributed by atoms with Gasteiger partial charge in [0.15, 0.2) is 6.10 Å². The Morgan fingerprint density at radius 2 is 1.71 bits per heavy atom. The van der Waals surface area contributed by atoms with Crippen LogP contribution in [0.25, 0.3) is 6.08 Å². The summed E-state index contributed by atoms with van der Waals surface area (Å²) in [6, 6.07) is 7.38. The summed E-state index contributed by atoms with van der Waals surface area (Å²) in [5.74, 6) is -2.67. The predicted octanol–water partition coefficient (Wildman–Crippen LogP) is 2.46. The van der Waals surface area contributed by atoms with E-state index < -0.39 is 48.5 Å². The molecule has 1 aliphatic heterocycles. The van der Waals surface area contributed by atoms with Gasteiger partial charge in [0.1, 0.15) is 18.8 Å². The molecule has 0 bridgehead atoms. The van der Waals surface area contributed by atoms with Crippen LogP contribution in [0.1, 0.15) is 45.2 Å². The van der Waals surface area contributed by atoms with Gasteiger partial charge in [-0.15, -0.1) is 0 Å². The third-order valence-corrected chi connectivity index (χ3v) is 4.63. The van der Waals surface area contributed by atoms with Gasteiger partial charge in [0, 0.05) is 20.8 Å². The molecule has 34 heavy (non-hydrogen) atoms. The highest BCUT2D eigenvalue weighted by Crippen LogP contribution is 2.29. The number of hydrogen-bond acceptors (Lipinski definition) is 10. The van der Waals surface area contributed by atoms with Gasteiger partial charge in [-0.2, -0.15) is 0 Å². The zero-order valence-electron chi connectivity index (χ0n) is 19.9. The zero-order valence-corrected chi connectivity index (χ0v) is 19.9. The molecule has 1 aliphatic rings. The maximum atomic E-state index is 12.6. The van der Waals surface area contributed by atoms with Crippen molar-refractivity contribution in [3.63, 3.8) is 0 Å². The molecular formula is C24H30O10. The van der Waals surface area contributed by atoms with E-state index in [4.69, 9.17) is 28.4 Å². The smallest absolute Gasteiger partial charge is 0.373 e. The summed E-state index contributed by atoms with van der Waals surface area (Å²) in [5.41, 5.74) is 1.68. The highest BCUT2D eigenvalue weighted by Gasteiger charge is 2.45. The number of carbonyl (C=O) groups excluding carboxylic acids is 4. The lowest BCUT2D eigenvalue weighted by atomic mass is 10.0. The second kappa shape index (κ2) is 12.7. The van der Waals surface area contributed by atoms with E-state index in [1.807, 2.05) is 25.1 Å². The first-order valence-electron chi connectivity index (χ1n) is 10.8. The first-order valence-corrected chi connectivity index (χ1v) is 10.8. The Kier molecular flexibility index (Phi) is 10.1. The molecule has 1 aromatic rings. The van der Waals surface area contributed by atoms with Crippen LogP contribution in [0.5, 0.6) is 0 Å². The molecule has 3 unspecified atom stereocenters. The average molecular weight is 478 g/mol. The molecule has 0 saturated carbocycles. The lowest BCUT2D eigenvalue weighted by Crippen LogP contribution is -2.54. The van der Waals surface area contributed by atoms with Crippen molar-refractivity contribution < 1.29 is 47.6 Å². The maximum absolute atomic E-state index is 12.6. The molecule has 1 saturated heterocycles. The lowest BCUT2D eigenvalue weighted by molar-refractivity contribution is -0.257. The fraction of sp³-hybridized carbons (Fsp3) is 0.500. The molecule has 10 nitrogen and oxygen atoms in total. The molecule has 0 N–H and O–H groups in total. The maximum Gasteiger partial charge on any atom is 0.373 e. The summed E-state index contributed by atoms with van der Waals surface area (Å²) in [6.07, 6.45) is -2.68. The lowest BCUT2D eigenvalue weighted by Gasteiger charge is -2.39. The third-order valence-electron chi connectivity index (χ3n) is 4.63. The number of ether oxygens (including phenoxy) is 6. The first-order chi connectivity index (χ1) is 16.1. The Hall–Kier alpha value is -3.40. The molecule has 1 fully saturated rings. The normalized spacial score (nSPS) is 22.3. The number of carbonyl (C=O) groups is 4. The highest BCUT2D eigenvalue weighted by atomic mass is 16.7. The van der Waals surface area contributed by atoms with Crippen LogP contribution < -0.4 is 0 Å². The molecule has 4 atom stereocenters. The van der Waals surface area contributed by atoms with Gasteiger partial charge < -0.3 is 28.4 Å². The quantitative estimate of drug-likeness (QED) is 0.226. The molecular weight excluding hydrogens is 448 g/mol. The monoisotopic (exact) mass is 478 g/mol. The summed E-state index contributed by atoms with van der Waals surface area (Å²) in [6.45, 7) is 7.02. The summed E-state index contributed by atoms with van der Waals surface area (Å²) >= 11 is 0. The Bertz CT molecular complexity index is 922. The van der Waals surface area contributed by atoms with Gasteiger partial charge >= 0.3 is 23.9 Å². The van der Waals surface area contributed by atoms with Gasteiger partial charge in [0.25, 0.3) is 0 Å². The molecule has 0 spiro atoms. The van der Waals surface area contributed by atoms with Gasteiger partial charge in [-0.3, -0.25) is 14.4 Å².